The highest BCUT2D eigenvalue weighted by molar-refractivity contribution is 7.09. The summed E-state index contributed by atoms with van der Waals surface area (Å²) < 4.78 is 0. The Morgan fingerprint density at radius 2 is 1.93 bits per heavy atom. The maximum Gasteiger partial charge on any atom is 0.261 e. The molecule has 0 radical (unpaired) electrons. The standard InChI is InChI=1S/C28H23ClN6O4S/c1-14-23(40-13-32-14)6-8-35-27(38)17-10-20-21(11-18(17)28(35)39)34-25(33-20)24-19(5-7-30-26(24)37)31-12-22(36)15-3-2-4-16(29)9-15/h2-5,7,9-11,13,22,36H,6,8,12H2,1H3,(H,33,34)(H2,30,31,37)/t22-/m1/s1. The first kappa shape index (κ1) is 25.9. The Balaban J connectivity index is 1.26. The van der Waals surface area contributed by atoms with Crippen molar-refractivity contribution in [2.24, 2.45) is 0 Å². The lowest BCUT2D eigenvalue weighted by Crippen LogP contribution is -2.31. The lowest BCUT2D eigenvalue weighted by Gasteiger charge is -2.15. The normalized spacial score (nSPS) is 13.7. The van der Waals surface area contributed by atoms with Crippen LogP contribution in [0.3, 0.4) is 0 Å². The lowest BCUT2D eigenvalue weighted by atomic mass is 10.1. The fourth-order valence-electron chi connectivity index (χ4n) is 4.79. The number of halogens is 1. The van der Waals surface area contributed by atoms with Gasteiger partial charge in [0.25, 0.3) is 17.4 Å². The molecule has 4 heterocycles. The SMILES string of the molecule is Cc1ncsc1CCN1C(=O)c2cc3nc(-c4c(NC[C@@H](O)c5cccc(Cl)c5)cc[nH]c4=O)[nH]c3cc2C1=O. The number of benzene rings is 2. The lowest BCUT2D eigenvalue weighted by molar-refractivity contribution is 0.0656. The van der Waals surface area contributed by atoms with Gasteiger partial charge in [-0.25, -0.2) is 9.97 Å². The van der Waals surface area contributed by atoms with E-state index < -0.39 is 11.7 Å². The first-order valence-electron chi connectivity index (χ1n) is 12.5. The zero-order valence-electron chi connectivity index (χ0n) is 21.2. The van der Waals surface area contributed by atoms with Crippen LogP contribution in [0, 0.1) is 6.92 Å². The monoisotopic (exact) mass is 574 g/mol. The van der Waals surface area contributed by atoms with Crippen LogP contribution in [-0.4, -0.2) is 54.8 Å². The first-order chi connectivity index (χ1) is 19.3. The van der Waals surface area contributed by atoms with Crippen LogP contribution in [-0.2, 0) is 6.42 Å². The molecule has 12 heteroatoms. The fourth-order valence-corrected chi connectivity index (χ4v) is 5.76. The summed E-state index contributed by atoms with van der Waals surface area (Å²) in [6, 6.07) is 11.8. The Morgan fingerprint density at radius 1 is 1.12 bits per heavy atom. The van der Waals surface area contributed by atoms with E-state index in [0.29, 0.717) is 39.3 Å². The van der Waals surface area contributed by atoms with Crippen LogP contribution < -0.4 is 10.9 Å². The minimum atomic E-state index is -0.871. The van der Waals surface area contributed by atoms with Crippen molar-refractivity contribution in [1.82, 2.24) is 24.8 Å². The van der Waals surface area contributed by atoms with Gasteiger partial charge < -0.3 is 20.4 Å². The van der Waals surface area contributed by atoms with E-state index in [-0.39, 0.29) is 41.9 Å². The van der Waals surface area contributed by atoms with Gasteiger partial charge in [-0.3, -0.25) is 19.3 Å². The van der Waals surface area contributed by atoms with Crippen molar-refractivity contribution in [3.63, 3.8) is 0 Å². The Labute approximate surface area is 236 Å². The number of anilines is 1. The van der Waals surface area contributed by atoms with Crippen molar-refractivity contribution in [3.05, 3.63) is 96.8 Å². The summed E-state index contributed by atoms with van der Waals surface area (Å²) in [4.78, 5) is 56.0. The topological polar surface area (TPSA) is 144 Å². The number of thiazole rings is 1. The van der Waals surface area contributed by atoms with E-state index >= 15 is 0 Å². The molecule has 3 aromatic heterocycles. The van der Waals surface area contributed by atoms with Gasteiger partial charge in [0.15, 0.2) is 0 Å². The molecular weight excluding hydrogens is 552 g/mol. The molecule has 2 aromatic carbocycles. The summed E-state index contributed by atoms with van der Waals surface area (Å²) in [5.41, 5.74) is 5.10. The molecule has 1 atom stereocenters. The number of pyridine rings is 1. The van der Waals surface area contributed by atoms with Crippen molar-refractivity contribution in [2.75, 3.05) is 18.4 Å². The van der Waals surface area contributed by atoms with E-state index in [1.54, 1.807) is 48.0 Å². The van der Waals surface area contributed by atoms with Crippen LogP contribution in [0.5, 0.6) is 0 Å². The van der Waals surface area contributed by atoms with E-state index in [1.807, 2.05) is 6.92 Å². The van der Waals surface area contributed by atoms with E-state index in [1.165, 1.54) is 22.4 Å². The third-order valence-electron chi connectivity index (χ3n) is 6.90. The van der Waals surface area contributed by atoms with Crippen molar-refractivity contribution in [2.45, 2.75) is 19.4 Å². The summed E-state index contributed by atoms with van der Waals surface area (Å²) in [6.45, 7) is 2.28. The number of imidazole rings is 1. The zero-order valence-corrected chi connectivity index (χ0v) is 22.8. The molecule has 1 aliphatic rings. The second kappa shape index (κ2) is 10.3. The predicted octanol–water partition coefficient (Wildman–Crippen LogP) is 4.32. The average molecular weight is 575 g/mol. The van der Waals surface area contributed by atoms with Crippen LogP contribution in [0.15, 0.2) is 59.0 Å². The molecule has 6 rings (SSSR count). The van der Waals surface area contributed by atoms with Gasteiger partial charge in [0, 0.05) is 35.6 Å². The molecule has 0 aliphatic carbocycles. The molecule has 0 bridgehead atoms. The highest BCUT2D eigenvalue weighted by Crippen LogP contribution is 2.31. The minimum Gasteiger partial charge on any atom is -0.387 e. The number of nitrogens with zero attached hydrogens (tertiary/aromatic N) is 3. The van der Waals surface area contributed by atoms with Crippen LogP contribution >= 0.6 is 22.9 Å². The number of aromatic amines is 2. The number of fused-ring (bicyclic) bond motifs is 2. The van der Waals surface area contributed by atoms with Crippen molar-refractivity contribution < 1.29 is 14.7 Å². The predicted molar refractivity (Wildman–Crippen MR) is 153 cm³/mol. The summed E-state index contributed by atoms with van der Waals surface area (Å²) in [7, 11) is 0. The number of aliphatic hydroxyl groups is 1. The number of carbonyl (C=O) groups is 2. The number of aryl methyl sites for hydroxylation is 1. The average Bonchev–Trinajstić information content (AvgIpc) is 3.61. The summed E-state index contributed by atoms with van der Waals surface area (Å²) in [5, 5.41) is 14.3. The van der Waals surface area contributed by atoms with Crippen molar-refractivity contribution >= 4 is 51.5 Å². The number of imide groups is 1. The second-order valence-electron chi connectivity index (χ2n) is 9.42. The number of nitrogens with one attached hydrogen (secondary N) is 3. The molecule has 5 aromatic rings. The molecule has 0 fully saturated rings. The zero-order chi connectivity index (χ0) is 28.0. The molecule has 40 heavy (non-hydrogen) atoms. The van der Waals surface area contributed by atoms with Gasteiger partial charge in [0.2, 0.25) is 0 Å². The molecule has 10 nitrogen and oxygen atoms in total. The maximum atomic E-state index is 13.1. The number of aliphatic hydroxyl groups excluding tert-OH is 1. The van der Waals surface area contributed by atoms with Gasteiger partial charge in [0.05, 0.1) is 45.2 Å². The van der Waals surface area contributed by atoms with E-state index in [0.717, 1.165) is 10.6 Å². The number of amides is 2. The van der Waals surface area contributed by atoms with Crippen LogP contribution in [0.1, 0.15) is 43.0 Å². The molecule has 202 valence electrons. The van der Waals surface area contributed by atoms with Gasteiger partial charge in [-0.2, -0.15) is 0 Å². The highest BCUT2D eigenvalue weighted by atomic mass is 35.5. The van der Waals surface area contributed by atoms with Gasteiger partial charge in [0.1, 0.15) is 11.4 Å². The number of H-pyrrole nitrogens is 2. The molecule has 0 unspecified atom stereocenters. The number of aromatic nitrogens is 4. The van der Waals surface area contributed by atoms with Gasteiger partial charge in [-0.1, -0.05) is 23.7 Å². The Bertz CT molecular complexity index is 1790. The Hall–Kier alpha value is -4.32. The van der Waals surface area contributed by atoms with Gasteiger partial charge >= 0.3 is 0 Å². The summed E-state index contributed by atoms with van der Waals surface area (Å²) in [5.74, 6) is -0.476. The summed E-state index contributed by atoms with van der Waals surface area (Å²) in [6.07, 6.45) is 1.17. The quantitative estimate of drug-likeness (QED) is 0.202. The van der Waals surface area contributed by atoms with Crippen molar-refractivity contribution in [1.29, 1.82) is 0 Å². The second-order valence-corrected chi connectivity index (χ2v) is 10.8. The number of rotatable bonds is 8. The summed E-state index contributed by atoms with van der Waals surface area (Å²) >= 11 is 7.54. The van der Waals surface area contributed by atoms with Crippen LogP contribution in [0.2, 0.25) is 5.02 Å². The Kier molecular flexibility index (Phi) is 6.70. The molecule has 4 N–H and O–H groups in total. The molecule has 0 saturated heterocycles. The Morgan fingerprint density at radius 3 is 2.67 bits per heavy atom. The molecule has 2 amide bonds. The molecular formula is C28H23ClN6O4S. The van der Waals surface area contributed by atoms with Gasteiger partial charge in [-0.05, 0) is 42.8 Å². The third-order valence-corrected chi connectivity index (χ3v) is 8.13. The third kappa shape index (κ3) is 4.68. The molecule has 0 saturated carbocycles. The number of carbonyl (C=O) groups excluding carboxylic acids is 2. The first-order valence-corrected chi connectivity index (χ1v) is 13.7. The number of hydrogen-bond donors (Lipinski definition) is 4. The van der Waals surface area contributed by atoms with Crippen molar-refractivity contribution in [3.8, 4) is 11.4 Å². The van der Waals surface area contributed by atoms with E-state index in [2.05, 4.69) is 25.3 Å². The maximum absolute atomic E-state index is 13.1. The minimum absolute atomic E-state index is 0.116. The van der Waals surface area contributed by atoms with E-state index in [9.17, 15) is 19.5 Å². The largest absolute Gasteiger partial charge is 0.387 e. The van der Waals surface area contributed by atoms with Crippen LogP contribution in [0.4, 0.5) is 5.69 Å². The van der Waals surface area contributed by atoms with Crippen LogP contribution in [0.25, 0.3) is 22.4 Å². The van der Waals surface area contributed by atoms with Gasteiger partial charge in [-0.15, -0.1) is 11.3 Å². The number of hydrogen-bond acceptors (Lipinski definition) is 8. The van der Waals surface area contributed by atoms with E-state index in [4.69, 9.17) is 11.6 Å². The fraction of sp³-hybridized carbons (Fsp3) is 0.179. The molecule has 0 spiro atoms. The highest BCUT2D eigenvalue weighted by Gasteiger charge is 2.36. The smallest absolute Gasteiger partial charge is 0.261 e. The molecule has 1 aliphatic heterocycles.